The van der Waals surface area contributed by atoms with Gasteiger partial charge in [-0.2, -0.15) is 0 Å². The first-order valence-corrected chi connectivity index (χ1v) is 8.01. The van der Waals surface area contributed by atoms with Gasteiger partial charge in [0, 0.05) is 18.0 Å². The van der Waals surface area contributed by atoms with Crippen molar-refractivity contribution in [3.05, 3.63) is 11.4 Å². The lowest BCUT2D eigenvalue weighted by atomic mass is 9.83. The van der Waals surface area contributed by atoms with E-state index < -0.39 is 0 Å². The second-order valence-corrected chi connectivity index (χ2v) is 6.63. The van der Waals surface area contributed by atoms with E-state index in [0.29, 0.717) is 17.2 Å². The molecule has 1 heterocycles. The van der Waals surface area contributed by atoms with E-state index in [1.54, 1.807) is 0 Å². The Kier molecular flexibility index (Phi) is 3.57. The molecule has 1 aromatic heterocycles. The summed E-state index contributed by atoms with van der Waals surface area (Å²) < 4.78 is 0. The molecule has 0 amide bonds. The topological polar surface area (TPSA) is 63.8 Å². The second-order valence-electron chi connectivity index (χ2n) is 6.63. The van der Waals surface area contributed by atoms with E-state index in [-0.39, 0.29) is 0 Å². The molecule has 0 bridgehead atoms. The van der Waals surface area contributed by atoms with E-state index in [4.69, 9.17) is 10.7 Å². The lowest BCUT2D eigenvalue weighted by Crippen LogP contribution is -2.27. The van der Waals surface area contributed by atoms with Gasteiger partial charge < -0.3 is 11.1 Å². The summed E-state index contributed by atoms with van der Waals surface area (Å²) in [5.74, 6) is 3.08. The maximum Gasteiger partial charge on any atom is 0.136 e. The number of nitrogens with one attached hydrogen (secondary N) is 1. The van der Waals surface area contributed by atoms with Gasteiger partial charge in [-0.25, -0.2) is 9.97 Å². The van der Waals surface area contributed by atoms with Crippen molar-refractivity contribution in [2.75, 3.05) is 17.6 Å². The van der Waals surface area contributed by atoms with Crippen LogP contribution in [0.15, 0.2) is 0 Å². The Bertz CT molecular complexity index is 487. The van der Waals surface area contributed by atoms with E-state index in [0.717, 1.165) is 23.8 Å². The number of nitrogen functional groups attached to an aromatic ring is 1. The molecule has 0 saturated heterocycles. The Morgan fingerprint density at radius 3 is 2.55 bits per heavy atom. The highest BCUT2D eigenvalue weighted by Crippen LogP contribution is 2.42. The summed E-state index contributed by atoms with van der Waals surface area (Å²) in [5.41, 5.74) is 7.51. The number of nitrogens with two attached hydrogens (primary N) is 1. The highest BCUT2D eigenvalue weighted by atomic mass is 15.1. The fourth-order valence-electron chi connectivity index (χ4n) is 3.30. The third-order valence-corrected chi connectivity index (χ3v) is 5.19. The molecule has 0 atom stereocenters. The van der Waals surface area contributed by atoms with Gasteiger partial charge in [-0.1, -0.05) is 19.8 Å². The Morgan fingerprint density at radius 2 is 1.95 bits per heavy atom. The Labute approximate surface area is 121 Å². The minimum atomic E-state index is 0.464. The van der Waals surface area contributed by atoms with Crippen molar-refractivity contribution in [1.82, 2.24) is 9.97 Å². The Morgan fingerprint density at radius 1 is 1.25 bits per heavy atom. The summed E-state index contributed by atoms with van der Waals surface area (Å²) in [5, 5.41) is 3.58. The van der Waals surface area contributed by atoms with Crippen LogP contribution in [0.2, 0.25) is 0 Å². The fraction of sp³-hybridized carbons (Fsp3) is 0.750. The predicted octanol–water partition coefficient (Wildman–Crippen LogP) is 3.63. The van der Waals surface area contributed by atoms with Crippen LogP contribution in [0.3, 0.4) is 0 Å². The highest BCUT2D eigenvalue weighted by molar-refractivity contribution is 5.55. The molecule has 4 heteroatoms. The average molecular weight is 274 g/mol. The molecule has 3 rings (SSSR count). The van der Waals surface area contributed by atoms with Crippen molar-refractivity contribution in [3.8, 4) is 0 Å². The smallest absolute Gasteiger partial charge is 0.136 e. The first-order valence-electron chi connectivity index (χ1n) is 8.01. The molecule has 0 aliphatic heterocycles. The molecule has 3 N–H and O–H groups in total. The molecule has 2 fully saturated rings. The van der Waals surface area contributed by atoms with Crippen LogP contribution in [-0.4, -0.2) is 16.5 Å². The van der Waals surface area contributed by atoms with Gasteiger partial charge in [0.05, 0.1) is 0 Å². The number of rotatable bonds is 5. The van der Waals surface area contributed by atoms with E-state index in [1.807, 2.05) is 6.92 Å². The molecule has 0 unspecified atom stereocenters. The lowest BCUT2D eigenvalue weighted by Gasteiger charge is -2.28. The van der Waals surface area contributed by atoms with Gasteiger partial charge in [0.2, 0.25) is 0 Å². The molecular formula is C16H26N4. The lowest BCUT2D eigenvalue weighted by molar-refractivity contribution is 0.306. The zero-order chi connectivity index (χ0) is 14.2. The molecule has 0 radical (unpaired) electrons. The van der Waals surface area contributed by atoms with Gasteiger partial charge in [0.25, 0.3) is 0 Å². The van der Waals surface area contributed by atoms with Crippen LogP contribution in [0, 0.1) is 12.3 Å². The number of hydrogen-bond donors (Lipinski definition) is 2. The van der Waals surface area contributed by atoms with E-state index in [2.05, 4.69) is 17.2 Å². The molecule has 20 heavy (non-hydrogen) atoms. The summed E-state index contributed by atoms with van der Waals surface area (Å²) in [6, 6.07) is 0. The van der Waals surface area contributed by atoms with Crippen molar-refractivity contribution in [3.63, 3.8) is 0 Å². The highest BCUT2D eigenvalue weighted by Gasteiger charge is 2.32. The first kappa shape index (κ1) is 13.7. The molecule has 2 saturated carbocycles. The van der Waals surface area contributed by atoms with Crippen molar-refractivity contribution < 1.29 is 0 Å². The van der Waals surface area contributed by atoms with Crippen LogP contribution in [0.25, 0.3) is 0 Å². The van der Waals surface area contributed by atoms with E-state index in [1.165, 1.54) is 44.9 Å². The van der Waals surface area contributed by atoms with Crippen molar-refractivity contribution in [2.24, 2.45) is 5.41 Å². The molecule has 1 aromatic rings. The molecular weight excluding hydrogens is 248 g/mol. The normalized spacial score (nSPS) is 21.1. The van der Waals surface area contributed by atoms with Crippen LogP contribution < -0.4 is 11.1 Å². The monoisotopic (exact) mass is 274 g/mol. The van der Waals surface area contributed by atoms with E-state index in [9.17, 15) is 0 Å². The summed E-state index contributed by atoms with van der Waals surface area (Å²) >= 11 is 0. The standard InChI is InChI=1S/C16H26N4/c1-3-16(8-4-5-9-16)10-18-14-11(2)13(17)19-15(20-14)12-6-7-12/h12H,3-10H2,1-2H3,(H3,17,18,19,20). The predicted molar refractivity (Wildman–Crippen MR) is 82.8 cm³/mol. The van der Waals surface area contributed by atoms with Crippen LogP contribution in [-0.2, 0) is 0 Å². The second kappa shape index (κ2) is 5.23. The summed E-state index contributed by atoms with van der Waals surface area (Å²) in [7, 11) is 0. The van der Waals surface area contributed by atoms with Gasteiger partial charge >= 0.3 is 0 Å². The average Bonchev–Trinajstić information content (AvgIpc) is 3.20. The minimum absolute atomic E-state index is 0.464. The molecule has 110 valence electrons. The Balaban J connectivity index is 1.76. The summed E-state index contributed by atoms with van der Waals surface area (Å²) in [4.78, 5) is 9.16. The van der Waals surface area contributed by atoms with Gasteiger partial charge in [-0.05, 0) is 44.4 Å². The summed E-state index contributed by atoms with van der Waals surface area (Å²) in [6.07, 6.45) is 9.08. The largest absolute Gasteiger partial charge is 0.383 e. The van der Waals surface area contributed by atoms with Gasteiger partial charge in [0.15, 0.2) is 0 Å². The number of hydrogen-bond acceptors (Lipinski definition) is 4. The Hall–Kier alpha value is -1.32. The van der Waals surface area contributed by atoms with Crippen LogP contribution in [0.1, 0.15) is 69.2 Å². The maximum absolute atomic E-state index is 6.05. The zero-order valence-electron chi connectivity index (χ0n) is 12.7. The van der Waals surface area contributed by atoms with Crippen LogP contribution in [0.4, 0.5) is 11.6 Å². The summed E-state index contributed by atoms with van der Waals surface area (Å²) in [6.45, 7) is 5.34. The van der Waals surface area contributed by atoms with Gasteiger partial charge in [-0.3, -0.25) is 0 Å². The number of anilines is 2. The van der Waals surface area contributed by atoms with Crippen molar-refractivity contribution in [1.29, 1.82) is 0 Å². The third-order valence-electron chi connectivity index (χ3n) is 5.19. The van der Waals surface area contributed by atoms with Gasteiger partial charge in [0.1, 0.15) is 17.5 Å². The molecule has 2 aliphatic carbocycles. The number of aromatic nitrogens is 2. The molecule has 2 aliphatic rings. The quantitative estimate of drug-likeness (QED) is 0.860. The number of nitrogens with zero attached hydrogens (tertiary/aromatic N) is 2. The van der Waals surface area contributed by atoms with Crippen LogP contribution >= 0.6 is 0 Å². The van der Waals surface area contributed by atoms with E-state index >= 15 is 0 Å². The molecule has 0 aromatic carbocycles. The van der Waals surface area contributed by atoms with Gasteiger partial charge in [-0.15, -0.1) is 0 Å². The van der Waals surface area contributed by atoms with Crippen molar-refractivity contribution in [2.45, 2.75) is 64.7 Å². The van der Waals surface area contributed by atoms with Crippen LogP contribution in [0.5, 0.6) is 0 Å². The molecule has 4 nitrogen and oxygen atoms in total. The minimum Gasteiger partial charge on any atom is -0.383 e. The fourth-order valence-corrected chi connectivity index (χ4v) is 3.30. The van der Waals surface area contributed by atoms with Crippen molar-refractivity contribution >= 4 is 11.6 Å². The first-order chi connectivity index (χ1) is 9.63. The zero-order valence-corrected chi connectivity index (χ0v) is 12.7. The maximum atomic E-state index is 6.05. The third kappa shape index (κ3) is 2.60. The SMILES string of the molecule is CCC1(CNc2nc(C3CC3)nc(N)c2C)CCCC1. The molecule has 0 spiro atoms.